The van der Waals surface area contributed by atoms with Gasteiger partial charge in [0.25, 0.3) is 11.2 Å². The number of rotatable bonds is 6. The lowest BCUT2D eigenvalue weighted by Gasteiger charge is -2.24. The van der Waals surface area contributed by atoms with Crippen molar-refractivity contribution in [3.63, 3.8) is 0 Å². The summed E-state index contributed by atoms with van der Waals surface area (Å²) < 4.78 is 11.6. The molecule has 3 aromatic rings. The maximum atomic E-state index is 13.6. The lowest BCUT2D eigenvalue weighted by Crippen LogP contribution is -2.40. The molecule has 0 amide bonds. The van der Waals surface area contributed by atoms with Crippen molar-refractivity contribution in [2.75, 3.05) is 13.7 Å². The number of ether oxygens (including phenoxy) is 2. The molecule has 0 saturated heterocycles. The van der Waals surface area contributed by atoms with Gasteiger partial charge in [-0.15, -0.1) is 0 Å². The maximum absolute atomic E-state index is 13.6. The average molecular weight is 508 g/mol. The average Bonchev–Trinajstić information content (AvgIpc) is 3.17. The lowest BCUT2D eigenvalue weighted by atomic mass is 9.95. The molecule has 2 aromatic carbocycles. The van der Waals surface area contributed by atoms with Crippen molar-refractivity contribution in [3.8, 4) is 0 Å². The number of esters is 2. The van der Waals surface area contributed by atoms with Crippen molar-refractivity contribution in [3.05, 3.63) is 106 Å². The molecule has 36 heavy (non-hydrogen) atoms. The van der Waals surface area contributed by atoms with Crippen LogP contribution in [0.25, 0.3) is 6.08 Å². The van der Waals surface area contributed by atoms with Crippen LogP contribution in [-0.2, 0) is 14.3 Å². The Morgan fingerprint density at radius 2 is 1.86 bits per heavy atom. The van der Waals surface area contributed by atoms with E-state index in [1.807, 2.05) is 0 Å². The summed E-state index contributed by atoms with van der Waals surface area (Å²) in [5.41, 5.74) is 1.10. The molecule has 0 spiro atoms. The van der Waals surface area contributed by atoms with Gasteiger partial charge < -0.3 is 9.47 Å². The van der Waals surface area contributed by atoms with Gasteiger partial charge in [0.15, 0.2) is 4.80 Å². The number of fused-ring (bicyclic) bond motifs is 1. The fourth-order valence-electron chi connectivity index (χ4n) is 3.94. The van der Waals surface area contributed by atoms with Gasteiger partial charge in [-0.05, 0) is 43.7 Å². The number of benzene rings is 2. The number of aromatic nitrogens is 1. The number of methoxy groups -OCH3 is 1. The maximum Gasteiger partial charge on any atom is 0.338 e. The molecule has 1 aromatic heterocycles. The minimum absolute atomic E-state index is 0.131. The van der Waals surface area contributed by atoms with E-state index >= 15 is 0 Å². The minimum Gasteiger partial charge on any atom is -0.465 e. The minimum atomic E-state index is -0.875. The fraction of sp³-hybridized carbons (Fsp3) is 0.200. The van der Waals surface area contributed by atoms with Crippen LogP contribution in [0.2, 0.25) is 0 Å². The van der Waals surface area contributed by atoms with Crippen molar-refractivity contribution in [1.29, 1.82) is 0 Å². The number of para-hydroxylation sites is 1. The molecular formula is C25H21N3O7S. The van der Waals surface area contributed by atoms with Crippen LogP contribution in [0.4, 0.5) is 5.69 Å². The van der Waals surface area contributed by atoms with Crippen LogP contribution < -0.4 is 14.9 Å². The molecule has 0 unspecified atom stereocenters. The number of hydrogen-bond acceptors (Lipinski definition) is 9. The molecule has 0 saturated carbocycles. The van der Waals surface area contributed by atoms with Gasteiger partial charge in [0.05, 0.1) is 51.6 Å². The number of hydrogen-bond donors (Lipinski definition) is 0. The fourth-order valence-corrected chi connectivity index (χ4v) is 4.98. The Hall–Kier alpha value is -4.38. The van der Waals surface area contributed by atoms with Crippen molar-refractivity contribution in [1.82, 2.24) is 4.57 Å². The zero-order valence-corrected chi connectivity index (χ0v) is 20.4. The van der Waals surface area contributed by atoms with E-state index in [2.05, 4.69) is 4.99 Å². The second kappa shape index (κ2) is 10.1. The third-order valence-corrected chi connectivity index (χ3v) is 6.57. The Labute approximate surface area is 208 Å². The SMILES string of the molecule is CCOC(=O)C1=C(C)N=c2s/c(=C\c3ccccc3[N+](=O)[O-])c(=O)n2[C@@H]1c1ccc(C(=O)OC)cc1. The largest absolute Gasteiger partial charge is 0.465 e. The van der Waals surface area contributed by atoms with Gasteiger partial charge in [-0.2, -0.15) is 0 Å². The first-order chi connectivity index (χ1) is 17.3. The Morgan fingerprint density at radius 3 is 2.50 bits per heavy atom. The summed E-state index contributed by atoms with van der Waals surface area (Å²) in [5, 5.41) is 11.4. The molecule has 2 heterocycles. The molecule has 1 aliphatic rings. The first-order valence-electron chi connectivity index (χ1n) is 10.9. The van der Waals surface area contributed by atoms with Crippen LogP contribution in [0.5, 0.6) is 0 Å². The number of carbonyl (C=O) groups is 2. The monoisotopic (exact) mass is 507 g/mol. The number of nitro groups is 1. The number of allylic oxidation sites excluding steroid dienone is 1. The Bertz CT molecular complexity index is 1580. The zero-order valence-electron chi connectivity index (χ0n) is 19.6. The van der Waals surface area contributed by atoms with E-state index in [1.165, 1.54) is 23.8 Å². The third kappa shape index (κ3) is 4.48. The van der Waals surface area contributed by atoms with E-state index in [0.29, 0.717) is 21.6 Å². The molecular weight excluding hydrogens is 486 g/mol. The normalized spacial score (nSPS) is 15.2. The van der Waals surface area contributed by atoms with Gasteiger partial charge in [-0.3, -0.25) is 19.5 Å². The summed E-state index contributed by atoms with van der Waals surface area (Å²) in [7, 11) is 1.27. The zero-order chi connectivity index (χ0) is 26.0. The number of nitrogens with zero attached hydrogens (tertiary/aromatic N) is 3. The van der Waals surface area contributed by atoms with Crippen LogP contribution in [0.1, 0.15) is 41.4 Å². The standard InChI is InChI=1S/C25H21N3O7S/c1-4-35-24(31)20-14(2)26-25-27(21(20)15-9-11-16(12-10-15)23(30)34-3)22(29)19(36-25)13-17-7-5-6-8-18(17)28(32)33/h5-13,21H,4H2,1-3H3/b19-13-/t21-/m1/s1. The van der Waals surface area contributed by atoms with E-state index in [-0.39, 0.29) is 28.0 Å². The van der Waals surface area contributed by atoms with Gasteiger partial charge in [-0.1, -0.05) is 35.6 Å². The molecule has 11 heteroatoms. The van der Waals surface area contributed by atoms with E-state index < -0.39 is 28.5 Å². The second-order valence-electron chi connectivity index (χ2n) is 7.73. The van der Waals surface area contributed by atoms with E-state index in [4.69, 9.17) is 9.47 Å². The first kappa shape index (κ1) is 24.7. The predicted octanol–water partition coefficient (Wildman–Crippen LogP) is 2.49. The van der Waals surface area contributed by atoms with E-state index in [1.54, 1.807) is 56.3 Å². The molecule has 0 N–H and O–H groups in total. The van der Waals surface area contributed by atoms with Crippen molar-refractivity contribution < 1.29 is 24.0 Å². The van der Waals surface area contributed by atoms with Gasteiger partial charge in [-0.25, -0.2) is 14.6 Å². The number of carbonyl (C=O) groups excluding carboxylic acids is 2. The summed E-state index contributed by atoms with van der Waals surface area (Å²) in [6, 6.07) is 11.6. The van der Waals surface area contributed by atoms with Crippen molar-refractivity contribution >= 4 is 35.0 Å². The van der Waals surface area contributed by atoms with Crippen molar-refractivity contribution in [2.45, 2.75) is 19.9 Å². The molecule has 1 aliphatic heterocycles. The second-order valence-corrected chi connectivity index (χ2v) is 8.74. The molecule has 4 rings (SSSR count). The van der Waals surface area contributed by atoms with Crippen LogP contribution in [0.15, 0.2) is 69.6 Å². The Morgan fingerprint density at radius 1 is 1.17 bits per heavy atom. The van der Waals surface area contributed by atoms with Gasteiger partial charge >= 0.3 is 11.9 Å². The van der Waals surface area contributed by atoms with Gasteiger partial charge in [0.2, 0.25) is 0 Å². The topological polar surface area (TPSA) is 130 Å². The quantitative estimate of drug-likeness (QED) is 0.285. The highest BCUT2D eigenvalue weighted by molar-refractivity contribution is 7.07. The van der Waals surface area contributed by atoms with Crippen LogP contribution >= 0.6 is 11.3 Å². The van der Waals surface area contributed by atoms with E-state index in [9.17, 15) is 24.5 Å². The first-order valence-corrected chi connectivity index (χ1v) is 11.7. The molecule has 184 valence electrons. The van der Waals surface area contributed by atoms with Crippen LogP contribution in [0.3, 0.4) is 0 Å². The lowest BCUT2D eigenvalue weighted by molar-refractivity contribution is -0.385. The molecule has 0 aliphatic carbocycles. The highest BCUT2D eigenvalue weighted by Crippen LogP contribution is 2.31. The number of nitro benzene ring substituents is 1. The van der Waals surface area contributed by atoms with Crippen LogP contribution in [0, 0.1) is 10.1 Å². The van der Waals surface area contributed by atoms with E-state index in [0.717, 1.165) is 11.3 Å². The summed E-state index contributed by atoms with van der Waals surface area (Å²) in [5.74, 6) is -1.14. The Kier molecular flexibility index (Phi) is 6.93. The molecule has 0 bridgehead atoms. The summed E-state index contributed by atoms with van der Waals surface area (Å²) >= 11 is 1.06. The summed E-state index contributed by atoms with van der Waals surface area (Å²) in [6.07, 6.45) is 1.45. The number of thiazole rings is 1. The highest BCUT2D eigenvalue weighted by Gasteiger charge is 2.33. The van der Waals surface area contributed by atoms with Crippen molar-refractivity contribution in [2.24, 2.45) is 4.99 Å². The van der Waals surface area contributed by atoms with Gasteiger partial charge in [0, 0.05) is 6.07 Å². The Balaban J connectivity index is 1.95. The molecule has 10 nitrogen and oxygen atoms in total. The third-order valence-electron chi connectivity index (χ3n) is 5.58. The molecule has 0 radical (unpaired) electrons. The summed E-state index contributed by atoms with van der Waals surface area (Å²) in [6.45, 7) is 3.46. The summed E-state index contributed by atoms with van der Waals surface area (Å²) in [4.78, 5) is 54.2. The smallest absolute Gasteiger partial charge is 0.338 e. The predicted molar refractivity (Wildman–Crippen MR) is 131 cm³/mol. The highest BCUT2D eigenvalue weighted by atomic mass is 32.1. The van der Waals surface area contributed by atoms with Crippen LogP contribution in [-0.4, -0.2) is 35.1 Å². The van der Waals surface area contributed by atoms with Gasteiger partial charge in [0.1, 0.15) is 0 Å². The molecule has 1 atom stereocenters. The molecule has 0 fully saturated rings.